The summed E-state index contributed by atoms with van der Waals surface area (Å²) in [7, 11) is 2.08. The molecule has 2 rings (SSSR count). The van der Waals surface area contributed by atoms with Crippen LogP contribution < -0.4 is 5.32 Å². The van der Waals surface area contributed by atoms with Crippen LogP contribution in [0.5, 0.6) is 0 Å². The molecule has 18 heavy (non-hydrogen) atoms. The van der Waals surface area contributed by atoms with Gasteiger partial charge in [-0.25, -0.2) is 0 Å². The summed E-state index contributed by atoms with van der Waals surface area (Å²) >= 11 is 0. The molecular formula is C15H24N2O. The van der Waals surface area contributed by atoms with E-state index >= 15 is 0 Å². The highest BCUT2D eigenvalue weighted by molar-refractivity contribution is 5.94. The molecule has 1 aromatic carbocycles. The van der Waals surface area contributed by atoms with Crippen molar-refractivity contribution in [2.24, 2.45) is 0 Å². The summed E-state index contributed by atoms with van der Waals surface area (Å²) in [5, 5.41) is 3.06. The fourth-order valence-corrected chi connectivity index (χ4v) is 2.03. The summed E-state index contributed by atoms with van der Waals surface area (Å²) in [6.45, 7) is 8.05. The smallest absolute Gasteiger partial charge is 0.251 e. The van der Waals surface area contributed by atoms with E-state index in [4.69, 9.17) is 0 Å². The number of aryl methyl sites for hydroxylation is 1. The number of benzene rings is 1. The second kappa shape index (κ2) is 7.17. The maximum atomic E-state index is 11.9. The molecule has 0 radical (unpaired) electrons. The standard InChI is InChI=1S/C13H18N2O.C2H6/c1-10-3-5-11(6-4-10)13(16)14-12-7-8-15(2)9-12;1-2/h3-6,12H,7-9H2,1-2H3,(H,14,16);1-2H3/t12-;/m0./s1. The predicted octanol–water partition coefficient (Wildman–Crippen LogP) is 2.46. The largest absolute Gasteiger partial charge is 0.348 e. The fraction of sp³-hybridized carbons (Fsp3) is 0.533. The lowest BCUT2D eigenvalue weighted by atomic mass is 10.1. The highest BCUT2D eigenvalue weighted by atomic mass is 16.1. The van der Waals surface area contributed by atoms with Crippen molar-refractivity contribution < 1.29 is 4.79 Å². The average molecular weight is 248 g/mol. The molecule has 0 bridgehead atoms. The minimum absolute atomic E-state index is 0.0419. The van der Waals surface area contributed by atoms with Gasteiger partial charge in [-0.2, -0.15) is 0 Å². The van der Waals surface area contributed by atoms with Gasteiger partial charge in [0.25, 0.3) is 5.91 Å². The molecule has 1 amide bonds. The molecule has 3 heteroatoms. The van der Waals surface area contributed by atoms with E-state index in [1.54, 1.807) is 0 Å². The number of likely N-dealkylation sites (tertiary alicyclic amines) is 1. The average Bonchev–Trinajstić information content (AvgIpc) is 2.78. The van der Waals surface area contributed by atoms with Crippen LogP contribution in [0.15, 0.2) is 24.3 Å². The SMILES string of the molecule is CC.Cc1ccc(C(=O)N[C@H]2CCN(C)C2)cc1. The van der Waals surface area contributed by atoms with E-state index in [0.717, 1.165) is 25.1 Å². The lowest BCUT2D eigenvalue weighted by Gasteiger charge is -2.12. The van der Waals surface area contributed by atoms with E-state index in [1.807, 2.05) is 45.0 Å². The molecule has 0 unspecified atom stereocenters. The zero-order valence-electron chi connectivity index (χ0n) is 11.9. The van der Waals surface area contributed by atoms with Crippen LogP contribution in [0.1, 0.15) is 36.2 Å². The summed E-state index contributed by atoms with van der Waals surface area (Å²) in [5.74, 6) is 0.0419. The zero-order valence-corrected chi connectivity index (χ0v) is 11.9. The van der Waals surface area contributed by atoms with Gasteiger partial charge in [0.1, 0.15) is 0 Å². The molecule has 1 fully saturated rings. The van der Waals surface area contributed by atoms with Gasteiger partial charge in [-0.1, -0.05) is 31.5 Å². The Morgan fingerprint density at radius 3 is 2.39 bits per heavy atom. The molecule has 100 valence electrons. The molecule has 1 N–H and O–H groups in total. The molecule has 0 saturated carbocycles. The molecule has 0 spiro atoms. The number of nitrogens with zero attached hydrogens (tertiary/aromatic N) is 1. The van der Waals surface area contributed by atoms with Crippen LogP contribution in [0.25, 0.3) is 0 Å². The van der Waals surface area contributed by atoms with Crippen LogP contribution in [0, 0.1) is 6.92 Å². The third-order valence-corrected chi connectivity index (χ3v) is 3.04. The number of amides is 1. The van der Waals surface area contributed by atoms with Crippen molar-refractivity contribution in [3.05, 3.63) is 35.4 Å². The summed E-state index contributed by atoms with van der Waals surface area (Å²) in [4.78, 5) is 14.1. The Bertz CT molecular complexity index is 373. The Kier molecular flexibility index (Phi) is 5.86. The topological polar surface area (TPSA) is 32.3 Å². The van der Waals surface area contributed by atoms with Crippen LogP contribution in [0.4, 0.5) is 0 Å². The Hall–Kier alpha value is -1.35. The highest BCUT2D eigenvalue weighted by Gasteiger charge is 2.21. The van der Waals surface area contributed by atoms with Gasteiger partial charge in [-0.05, 0) is 39.1 Å². The van der Waals surface area contributed by atoms with Crippen LogP contribution >= 0.6 is 0 Å². The molecule has 1 aliphatic heterocycles. The van der Waals surface area contributed by atoms with E-state index < -0.39 is 0 Å². The first-order chi connectivity index (χ1) is 8.65. The lowest BCUT2D eigenvalue weighted by molar-refractivity contribution is 0.0938. The second-order valence-electron chi connectivity index (χ2n) is 4.59. The maximum absolute atomic E-state index is 11.9. The van der Waals surface area contributed by atoms with E-state index in [9.17, 15) is 4.79 Å². The van der Waals surface area contributed by atoms with Gasteiger partial charge in [0.2, 0.25) is 0 Å². The Labute approximate surface area is 110 Å². The predicted molar refractivity (Wildman–Crippen MR) is 75.9 cm³/mol. The first kappa shape index (κ1) is 14.7. The van der Waals surface area contributed by atoms with Crippen molar-refractivity contribution in [1.82, 2.24) is 10.2 Å². The quantitative estimate of drug-likeness (QED) is 0.872. The number of carbonyl (C=O) groups is 1. The first-order valence-corrected chi connectivity index (χ1v) is 6.71. The number of likely N-dealkylation sites (N-methyl/N-ethyl adjacent to an activating group) is 1. The summed E-state index contributed by atoms with van der Waals surface area (Å²) < 4.78 is 0. The van der Waals surface area contributed by atoms with Gasteiger partial charge in [0.15, 0.2) is 0 Å². The van der Waals surface area contributed by atoms with E-state index in [-0.39, 0.29) is 5.91 Å². The van der Waals surface area contributed by atoms with Crippen molar-refractivity contribution in [2.75, 3.05) is 20.1 Å². The molecule has 0 aliphatic carbocycles. The number of carbonyl (C=O) groups excluding carboxylic acids is 1. The molecule has 1 heterocycles. The van der Waals surface area contributed by atoms with Crippen molar-refractivity contribution in [1.29, 1.82) is 0 Å². The summed E-state index contributed by atoms with van der Waals surface area (Å²) in [6.07, 6.45) is 1.05. The van der Waals surface area contributed by atoms with Gasteiger partial charge in [-0.15, -0.1) is 0 Å². The minimum Gasteiger partial charge on any atom is -0.348 e. The van der Waals surface area contributed by atoms with Crippen LogP contribution in [0.3, 0.4) is 0 Å². The van der Waals surface area contributed by atoms with Gasteiger partial charge >= 0.3 is 0 Å². The van der Waals surface area contributed by atoms with Gasteiger partial charge in [-0.3, -0.25) is 4.79 Å². The van der Waals surface area contributed by atoms with Gasteiger partial charge < -0.3 is 10.2 Å². The number of hydrogen-bond donors (Lipinski definition) is 1. The molecular weight excluding hydrogens is 224 g/mol. The van der Waals surface area contributed by atoms with E-state index in [2.05, 4.69) is 17.3 Å². The second-order valence-corrected chi connectivity index (χ2v) is 4.59. The van der Waals surface area contributed by atoms with Crippen molar-refractivity contribution in [2.45, 2.75) is 33.2 Å². The van der Waals surface area contributed by atoms with Crippen LogP contribution in [-0.2, 0) is 0 Å². The van der Waals surface area contributed by atoms with Crippen LogP contribution in [-0.4, -0.2) is 37.0 Å². The van der Waals surface area contributed by atoms with Crippen molar-refractivity contribution in [3.8, 4) is 0 Å². The molecule has 1 aromatic rings. The van der Waals surface area contributed by atoms with Crippen molar-refractivity contribution in [3.63, 3.8) is 0 Å². The number of hydrogen-bond acceptors (Lipinski definition) is 2. The van der Waals surface area contributed by atoms with E-state index in [0.29, 0.717) is 6.04 Å². The first-order valence-electron chi connectivity index (χ1n) is 6.71. The lowest BCUT2D eigenvalue weighted by Crippen LogP contribution is -2.36. The highest BCUT2D eigenvalue weighted by Crippen LogP contribution is 2.08. The molecule has 0 aromatic heterocycles. The molecule has 3 nitrogen and oxygen atoms in total. The normalized spacial score (nSPS) is 19.0. The van der Waals surface area contributed by atoms with Gasteiger partial charge in [0, 0.05) is 18.2 Å². The Morgan fingerprint density at radius 1 is 1.28 bits per heavy atom. The Balaban J connectivity index is 0.000000771. The fourth-order valence-electron chi connectivity index (χ4n) is 2.03. The number of rotatable bonds is 2. The third-order valence-electron chi connectivity index (χ3n) is 3.04. The van der Waals surface area contributed by atoms with Gasteiger partial charge in [0.05, 0.1) is 0 Å². The monoisotopic (exact) mass is 248 g/mol. The zero-order chi connectivity index (χ0) is 13.5. The van der Waals surface area contributed by atoms with Crippen LogP contribution in [0.2, 0.25) is 0 Å². The number of nitrogens with one attached hydrogen (secondary N) is 1. The summed E-state index contributed by atoms with van der Waals surface area (Å²) in [5.41, 5.74) is 1.93. The Morgan fingerprint density at radius 2 is 1.89 bits per heavy atom. The molecule has 1 atom stereocenters. The van der Waals surface area contributed by atoms with Crippen molar-refractivity contribution >= 4 is 5.91 Å². The molecule has 1 aliphatic rings. The summed E-state index contributed by atoms with van der Waals surface area (Å²) in [6, 6.07) is 8.00. The maximum Gasteiger partial charge on any atom is 0.251 e. The molecule has 1 saturated heterocycles. The minimum atomic E-state index is 0.0419. The van der Waals surface area contributed by atoms with E-state index in [1.165, 1.54) is 5.56 Å². The third kappa shape index (κ3) is 4.15.